The van der Waals surface area contributed by atoms with E-state index in [9.17, 15) is 4.79 Å². The molecular formula is C28H36N6O. The minimum atomic E-state index is -0.140. The van der Waals surface area contributed by atoms with Crippen molar-refractivity contribution in [3.63, 3.8) is 0 Å². The first kappa shape index (κ1) is 25.7. The van der Waals surface area contributed by atoms with Crippen molar-refractivity contribution in [3.05, 3.63) is 76.1 Å². The maximum Gasteiger partial charge on any atom is 0.255 e. The lowest BCUT2D eigenvalue weighted by molar-refractivity contribution is 0.102. The van der Waals surface area contributed by atoms with E-state index in [4.69, 9.17) is 0 Å². The molecule has 3 aromatic rings. The van der Waals surface area contributed by atoms with Crippen LogP contribution in [0.3, 0.4) is 0 Å². The standard InChI is InChI=1S/C28H36N6O/c1-8-34(7)17-26-21(6)32-27(16-29-26)31-20(5)22-10-9-11-24(15-22)33-28(35)23-12-13-25(19(4)14-23)30-18(2)3/h9-18,20,30H,6,8H2,1-5,7H3,(H,31,32)(H,33,35)/b26-17+. The molecule has 2 aromatic carbocycles. The molecule has 0 aliphatic rings. The second-order valence-corrected chi connectivity index (χ2v) is 9.06. The van der Waals surface area contributed by atoms with E-state index in [-0.39, 0.29) is 11.9 Å². The molecule has 1 aromatic heterocycles. The zero-order valence-corrected chi connectivity index (χ0v) is 21.5. The van der Waals surface area contributed by atoms with Crippen molar-refractivity contribution in [2.45, 2.75) is 46.7 Å². The quantitative estimate of drug-likeness (QED) is 0.434. The highest BCUT2D eigenvalue weighted by Crippen LogP contribution is 2.22. The molecule has 3 rings (SSSR count). The summed E-state index contributed by atoms with van der Waals surface area (Å²) >= 11 is 0. The summed E-state index contributed by atoms with van der Waals surface area (Å²) in [4.78, 5) is 23.9. The Kier molecular flexibility index (Phi) is 8.47. The van der Waals surface area contributed by atoms with Gasteiger partial charge >= 0.3 is 0 Å². The number of rotatable bonds is 9. The molecule has 1 unspecified atom stereocenters. The molecule has 7 nitrogen and oxygen atoms in total. The Morgan fingerprint density at radius 3 is 2.57 bits per heavy atom. The molecule has 0 saturated heterocycles. The number of carbonyl (C=O) groups excluding carboxylic acids is 1. The number of carbonyl (C=O) groups is 1. The van der Waals surface area contributed by atoms with Crippen LogP contribution in [-0.4, -0.2) is 40.4 Å². The smallest absolute Gasteiger partial charge is 0.255 e. The van der Waals surface area contributed by atoms with Gasteiger partial charge in [-0.3, -0.25) is 4.79 Å². The van der Waals surface area contributed by atoms with E-state index < -0.39 is 0 Å². The van der Waals surface area contributed by atoms with Crippen LogP contribution in [0, 0.1) is 6.92 Å². The molecule has 1 amide bonds. The summed E-state index contributed by atoms with van der Waals surface area (Å²) in [6.07, 6.45) is 3.65. The van der Waals surface area contributed by atoms with Gasteiger partial charge in [0.05, 0.1) is 17.6 Å². The summed E-state index contributed by atoms with van der Waals surface area (Å²) in [6, 6.07) is 13.8. The third-order valence-electron chi connectivity index (χ3n) is 5.66. The van der Waals surface area contributed by atoms with Gasteiger partial charge in [-0.15, -0.1) is 0 Å². The van der Waals surface area contributed by atoms with Gasteiger partial charge in [-0.25, -0.2) is 9.97 Å². The lowest BCUT2D eigenvalue weighted by Gasteiger charge is -2.17. The predicted molar refractivity (Wildman–Crippen MR) is 146 cm³/mol. The zero-order chi connectivity index (χ0) is 25.5. The second kappa shape index (κ2) is 11.5. The number of anilines is 3. The normalized spacial score (nSPS) is 12.4. The molecule has 0 spiro atoms. The third kappa shape index (κ3) is 7.06. The molecule has 0 aliphatic heterocycles. The van der Waals surface area contributed by atoms with Gasteiger partial charge in [-0.1, -0.05) is 18.7 Å². The molecule has 3 N–H and O–H groups in total. The second-order valence-electron chi connectivity index (χ2n) is 9.06. The van der Waals surface area contributed by atoms with Crippen molar-refractivity contribution >= 4 is 35.9 Å². The first-order valence-electron chi connectivity index (χ1n) is 12.0. The monoisotopic (exact) mass is 472 g/mol. The van der Waals surface area contributed by atoms with E-state index in [1.54, 1.807) is 6.20 Å². The largest absolute Gasteiger partial charge is 0.383 e. The highest BCUT2D eigenvalue weighted by Gasteiger charge is 2.11. The Labute approximate surface area is 208 Å². The van der Waals surface area contributed by atoms with Crippen LogP contribution in [0.1, 0.15) is 55.2 Å². The predicted octanol–water partition coefficient (Wildman–Crippen LogP) is 4.13. The van der Waals surface area contributed by atoms with E-state index >= 15 is 0 Å². The van der Waals surface area contributed by atoms with Crippen molar-refractivity contribution in [3.8, 4) is 0 Å². The maximum absolute atomic E-state index is 12.9. The van der Waals surface area contributed by atoms with Gasteiger partial charge in [-0.05, 0) is 76.1 Å². The van der Waals surface area contributed by atoms with E-state index in [2.05, 4.69) is 53.3 Å². The van der Waals surface area contributed by atoms with Gasteiger partial charge in [-0.2, -0.15) is 0 Å². The van der Waals surface area contributed by atoms with Gasteiger partial charge in [0.2, 0.25) is 0 Å². The molecule has 184 valence electrons. The molecule has 1 atom stereocenters. The average molecular weight is 473 g/mol. The van der Waals surface area contributed by atoms with E-state index in [1.807, 2.05) is 74.5 Å². The summed E-state index contributed by atoms with van der Waals surface area (Å²) in [7, 11) is 1.99. The van der Waals surface area contributed by atoms with Crippen LogP contribution in [0.2, 0.25) is 0 Å². The van der Waals surface area contributed by atoms with Crippen molar-refractivity contribution in [2.75, 3.05) is 29.5 Å². The maximum atomic E-state index is 12.9. The van der Waals surface area contributed by atoms with Crippen LogP contribution in [0.5, 0.6) is 0 Å². The van der Waals surface area contributed by atoms with Gasteiger partial charge in [0.15, 0.2) is 0 Å². The van der Waals surface area contributed by atoms with Crippen molar-refractivity contribution in [2.24, 2.45) is 0 Å². The number of hydrogen-bond acceptors (Lipinski definition) is 6. The summed E-state index contributed by atoms with van der Waals surface area (Å²) in [5.41, 5.74) is 4.45. The highest BCUT2D eigenvalue weighted by atomic mass is 16.1. The number of nitrogens with zero attached hydrogens (tertiary/aromatic N) is 3. The van der Waals surface area contributed by atoms with Crippen molar-refractivity contribution in [1.29, 1.82) is 0 Å². The van der Waals surface area contributed by atoms with Gasteiger partial charge in [0.25, 0.3) is 5.91 Å². The fourth-order valence-electron chi connectivity index (χ4n) is 3.59. The Bertz CT molecular complexity index is 1290. The first-order valence-corrected chi connectivity index (χ1v) is 12.0. The van der Waals surface area contributed by atoms with Crippen LogP contribution in [0.4, 0.5) is 17.2 Å². The number of hydrogen-bond donors (Lipinski definition) is 3. The van der Waals surface area contributed by atoms with Crippen LogP contribution < -0.4 is 26.6 Å². The molecule has 35 heavy (non-hydrogen) atoms. The number of nitrogens with one attached hydrogen (secondary N) is 3. The molecule has 0 aliphatic carbocycles. The fourth-order valence-corrected chi connectivity index (χ4v) is 3.59. The Morgan fingerprint density at radius 1 is 1.14 bits per heavy atom. The molecule has 7 heteroatoms. The average Bonchev–Trinajstić information content (AvgIpc) is 2.81. The van der Waals surface area contributed by atoms with E-state index in [1.165, 1.54) is 0 Å². The summed E-state index contributed by atoms with van der Waals surface area (Å²) in [5.74, 6) is 0.511. The van der Waals surface area contributed by atoms with E-state index in [0.717, 1.165) is 34.4 Å². The molecule has 0 saturated carbocycles. The first-order chi connectivity index (χ1) is 16.7. The fraction of sp³-hybridized carbons (Fsp3) is 0.321. The molecule has 0 bridgehead atoms. The van der Waals surface area contributed by atoms with E-state index in [0.29, 0.717) is 22.8 Å². The Hall–Kier alpha value is -3.87. The lowest BCUT2D eigenvalue weighted by Crippen LogP contribution is -2.33. The van der Waals surface area contributed by atoms with Gasteiger partial charge in [0.1, 0.15) is 11.2 Å². The molecular weight excluding hydrogens is 436 g/mol. The number of aromatic nitrogens is 2. The SMILES string of the molecule is C=c1nc(NC(C)c2cccc(NC(=O)c3ccc(NC(C)C)c(C)c3)c2)cn/c1=C/N(C)CC. The van der Waals surface area contributed by atoms with Gasteiger partial charge in [0, 0.05) is 42.8 Å². The minimum absolute atomic E-state index is 0.0441. The zero-order valence-electron chi connectivity index (χ0n) is 21.5. The van der Waals surface area contributed by atoms with Crippen molar-refractivity contribution < 1.29 is 4.79 Å². The van der Waals surface area contributed by atoms with Gasteiger partial charge < -0.3 is 20.9 Å². The topological polar surface area (TPSA) is 82.2 Å². The minimum Gasteiger partial charge on any atom is -0.383 e. The Balaban J connectivity index is 1.70. The highest BCUT2D eigenvalue weighted by molar-refractivity contribution is 6.04. The number of benzene rings is 2. The van der Waals surface area contributed by atoms with Crippen LogP contribution >= 0.6 is 0 Å². The van der Waals surface area contributed by atoms with Crippen molar-refractivity contribution in [1.82, 2.24) is 14.9 Å². The Morgan fingerprint density at radius 2 is 1.91 bits per heavy atom. The van der Waals surface area contributed by atoms with Crippen LogP contribution in [-0.2, 0) is 0 Å². The van der Waals surface area contributed by atoms with Crippen LogP contribution in [0.25, 0.3) is 12.8 Å². The molecule has 0 radical (unpaired) electrons. The lowest BCUT2D eigenvalue weighted by atomic mass is 10.1. The molecule has 1 heterocycles. The summed E-state index contributed by atoms with van der Waals surface area (Å²) < 4.78 is 0. The number of aryl methyl sites for hydroxylation is 1. The third-order valence-corrected chi connectivity index (χ3v) is 5.66. The summed E-state index contributed by atoms with van der Waals surface area (Å²) in [5, 5.41) is 11.1. The van der Waals surface area contributed by atoms with Crippen LogP contribution in [0.15, 0.2) is 48.7 Å². The number of amides is 1. The molecule has 0 fully saturated rings. The summed E-state index contributed by atoms with van der Waals surface area (Å²) in [6.45, 7) is 15.2.